The minimum absolute atomic E-state index is 0.0664. The van der Waals surface area contributed by atoms with Crippen molar-refractivity contribution >= 4 is 11.8 Å². The topological polar surface area (TPSA) is 72.9 Å². The van der Waals surface area contributed by atoms with E-state index in [0.717, 1.165) is 0 Å². The van der Waals surface area contributed by atoms with Gasteiger partial charge in [-0.25, -0.2) is 0 Å². The van der Waals surface area contributed by atoms with Gasteiger partial charge >= 0.3 is 0 Å². The van der Waals surface area contributed by atoms with Gasteiger partial charge in [0.1, 0.15) is 0 Å². The van der Waals surface area contributed by atoms with E-state index in [4.69, 9.17) is 5.11 Å². The van der Waals surface area contributed by atoms with Crippen LogP contribution in [-0.2, 0) is 9.59 Å². The van der Waals surface area contributed by atoms with Gasteiger partial charge < -0.3 is 15.3 Å². The number of aliphatic hydroxyl groups excluding tert-OH is 1. The van der Waals surface area contributed by atoms with Crippen molar-refractivity contribution in [2.24, 2.45) is 0 Å². The van der Waals surface area contributed by atoms with Gasteiger partial charge in [-0.1, -0.05) is 0 Å². The number of aliphatic hydroxyl groups is 1. The third-order valence-electron chi connectivity index (χ3n) is 2.82. The van der Waals surface area contributed by atoms with Crippen LogP contribution in [0.3, 0.4) is 0 Å². The van der Waals surface area contributed by atoms with Crippen LogP contribution in [0.25, 0.3) is 0 Å². The summed E-state index contributed by atoms with van der Waals surface area (Å²) in [6.07, 6.45) is -0.308. The Kier molecular flexibility index (Phi) is 5.55. The summed E-state index contributed by atoms with van der Waals surface area (Å²) in [4.78, 5) is 26.9. The number of likely N-dealkylation sites (tertiary alicyclic amines) is 1. The van der Waals surface area contributed by atoms with Crippen LogP contribution in [0.5, 0.6) is 0 Å². The van der Waals surface area contributed by atoms with E-state index in [1.165, 1.54) is 4.90 Å². The number of likely N-dealkylation sites (N-methyl/N-ethyl adjacent to an activating group) is 1. The Hall–Kier alpha value is -1.14. The lowest BCUT2D eigenvalue weighted by Crippen LogP contribution is -2.55. The van der Waals surface area contributed by atoms with E-state index in [9.17, 15) is 9.59 Å². The van der Waals surface area contributed by atoms with Crippen LogP contribution < -0.4 is 5.32 Å². The maximum absolute atomic E-state index is 11.9. The molecule has 0 saturated carbocycles. The summed E-state index contributed by atoms with van der Waals surface area (Å²) < 4.78 is 0. The Morgan fingerprint density at radius 3 is 2.50 bits per heavy atom. The van der Waals surface area contributed by atoms with Gasteiger partial charge in [-0.3, -0.25) is 14.5 Å². The highest BCUT2D eigenvalue weighted by Crippen LogP contribution is 2.07. The summed E-state index contributed by atoms with van der Waals surface area (Å²) >= 11 is 0. The first-order chi connectivity index (χ1) is 8.42. The molecule has 1 aliphatic heterocycles. The number of hydrogen-bond acceptors (Lipinski definition) is 4. The van der Waals surface area contributed by atoms with Crippen LogP contribution in [0.15, 0.2) is 0 Å². The first kappa shape index (κ1) is 14.9. The largest absolute Gasteiger partial charge is 0.390 e. The lowest BCUT2D eigenvalue weighted by Gasteiger charge is -2.36. The van der Waals surface area contributed by atoms with Gasteiger partial charge in [-0.05, 0) is 20.8 Å². The van der Waals surface area contributed by atoms with E-state index in [-0.39, 0.29) is 37.0 Å². The molecule has 6 nitrogen and oxygen atoms in total. The van der Waals surface area contributed by atoms with Crippen molar-refractivity contribution in [1.29, 1.82) is 0 Å². The molecule has 1 rings (SSSR count). The number of nitrogens with zero attached hydrogens (tertiary/aromatic N) is 2. The Morgan fingerprint density at radius 2 is 2.06 bits per heavy atom. The molecule has 1 aliphatic rings. The van der Waals surface area contributed by atoms with Crippen LogP contribution in [0.4, 0.5) is 0 Å². The lowest BCUT2D eigenvalue weighted by atomic mass is 10.2. The van der Waals surface area contributed by atoms with Crippen molar-refractivity contribution in [3.05, 3.63) is 0 Å². The maximum atomic E-state index is 11.9. The molecule has 104 valence electrons. The summed E-state index contributed by atoms with van der Waals surface area (Å²) in [5.41, 5.74) is 0. The smallest absolute Gasteiger partial charge is 0.239 e. The zero-order valence-corrected chi connectivity index (χ0v) is 11.3. The molecule has 1 saturated heterocycles. The number of hydrogen-bond donors (Lipinski definition) is 2. The Labute approximate surface area is 108 Å². The maximum Gasteiger partial charge on any atom is 0.239 e. The Balaban J connectivity index is 2.35. The zero-order chi connectivity index (χ0) is 13.7. The third kappa shape index (κ3) is 4.62. The second kappa shape index (κ2) is 6.70. The molecule has 0 aromatic heterocycles. The van der Waals surface area contributed by atoms with Crippen molar-refractivity contribution in [3.8, 4) is 0 Å². The molecule has 0 radical (unpaired) electrons. The second-order valence-corrected chi connectivity index (χ2v) is 4.98. The summed E-state index contributed by atoms with van der Waals surface area (Å²) in [7, 11) is 0. The van der Waals surface area contributed by atoms with Crippen molar-refractivity contribution in [2.45, 2.75) is 32.9 Å². The van der Waals surface area contributed by atoms with Crippen LogP contribution in [0.2, 0.25) is 0 Å². The van der Waals surface area contributed by atoms with Crippen LogP contribution in [-0.4, -0.2) is 71.6 Å². The normalized spacial score (nSPS) is 16.5. The van der Waals surface area contributed by atoms with Gasteiger partial charge in [0.25, 0.3) is 0 Å². The zero-order valence-electron chi connectivity index (χ0n) is 11.3. The highest BCUT2D eigenvalue weighted by molar-refractivity contribution is 5.85. The molecular formula is C12H23N3O3. The molecule has 0 atom stereocenters. The second-order valence-electron chi connectivity index (χ2n) is 4.98. The molecule has 0 spiro atoms. The number of amides is 2. The highest BCUT2D eigenvalue weighted by atomic mass is 16.3. The monoisotopic (exact) mass is 257 g/mol. The van der Waals surface area contributed by atoms with E-state index < -0.39 is 0 Å². The van der Waals surface area contributed by atoms with Crippen molar-refractivity contribution in [3.63, 3.8) is 0 Å². The van der Waals surface area contributed by atoms with E-state index in [0.29, 0.717) is 19.6 Å². The van der Waals surface area contributed by atoms with Crippen molar-refractivity contribution in [2.75, 3.05) is 32.7 Å². The van der Waals surface area contributed by atoms with Crippen LogP contribution >= 0.6 is 0 Å². The van der Waals surface area contributed by atoms with Gasteiger partial charge in [0.2, 0.25) is 11.8 Å². The average Bonchev–Trinajstić information content (AvgIpc) is 2.22. The fourth-order valence-electron chi connectivity index (χ4n) is 1.88. The van der Waals surface area contributed by atoms with Gasteiger partial charge in [0, 0.05) is 25.7 Å². The molecule has 18 heavy (non-hydrogen) atoms. The lowest BCUT2D eigenvalue weighted by molar-refractivity contribution is -0.139. The number of nitrogens with one attached hydrogen (secondary N) is 1. The quantitative estimate of drug-likeness (QED) is 0.642. The number of carbonyl (C=O) groups excluding carboxylic acids is 2. The van der Waals surface area contributed by atoms with Gasteiger partial charge in [0.15, 0.2) is 0 Å². The van der Waals surface area contributed by atoms with Gasteiger partial charge in [0.05, 0.1) is 19.2 Å². The number of β-amino-alcohol motifs (C(OH)–C–C–N with tert-alkyl or cyclic N) is 1. The summed E-state index contributed by atoms with van der Waals surface area (Å²) in [5, 5.41) is 11.9. The predicted octanol–water partition coefficient (Wildman–Crippen LogP) is -0.964. The van der Waals surface area contributed by atoms with E-state index >= 15 is 0 Å². The summed E-state index contributed by atoms with van der Waals surface area (Å²) in [6.45, 7) is 7.61. The average molecular weight is 257 g/mol. The minimum atomic E-state index is -0.308. The standard InChI is InChI=1S/C12H23N3O3/c1-4-15(7-11(17)13-9(2)3)12(18)8-14-5-10(16)6-14/h9-10,16H,4-8H2,1-3H3,(H,13,17). The van der Waals surface area contributed by atoms with E-state index in [1.807, 2.05) is 25.7 Å². The minimum Gasteiger partial charge on any atom is -0.390 e. The highest BCUT2D eigenvalue weighted by Gasteiger charge is 2.27. The molecule has 0 bridgehead atoms. The van der Waals surface area contributed by atoms with E-state index in [2.05, 4.69) is 5.32 Å². The summed E-state index contributed by atoms with van der Waals surface area (Å²) in [5.74, 6) is -0.202. The Bertz CT molecular complexity index is 301. The SMILES string of the molecule is CCN(CC(=O)NC(C)C)C(=O)CN1CC(O)C1. The number of rotatable bonds is 6. The molecule has 0 aliphatic carbocycles. The molecule has 1 fully saturated rings. The van der Waals surface area contributed by atoms with Gasteiger partial charge in [-0.2, -0.15) is 0 Å². The molecule has 0 aromatic carbocycles. The van der Waals surface area contributed by atoms with Crippen LogP contribution in [0, 0.1) is 0 Å². The predicted molar refractivity (Wildman–Crippen MR) is 68.0 cm³/mol. The Morgan fingerprint density at radius 1 is 1.44 bits per heavy atom. The molecule has 1 heterocycles. The summed E-state index contributed by atoms with van der Waals surface area (Å²) in [6, 6.07) is 0.0804. The number of carbonyl (C=O) groups is 2. The first-order valence-electron chi connectivity index (χ1n) is 6.40. The first-order valence-corrected chi connectivity index (χ1v) is 6.40. The fourth-order valence-corrected chi connectivity index (χ4v) is 1.88. The molecular weight excluding hydrogens is 234 g/mol. The molecule has 0 unspecified atom stereocenters. The van der Waals surface area contributed by atoms with Crippen LogP contribution in [0.1, 0.15) is 20.8 Å². The molecule has 2 amide bonds. The fraction of sp³-hybridized carbons (Fsp3) is 0.833. The van der Waals surface area contributed by atoms with E-state index in [1.54, 1.807) is 0 Å². The van der Waals surface area contributed by atoms with Crippen molar-refractivity contribution in [1.82, 2.24) is 15.1 Å². The van der Waals surface area contributed by atoms with Crippen molar-refractivity contribution < 1.29 is 14.7 Å². The third-order valence-corrected chi connectivity index (χ3v) is 2.82. The molecule has 0 aromatic rings. The van der Waals surface area contributed by atoms with Gasteiger partial charge in [-0.15, -0.1) is 0 Å². The molecule has 6 heteroatoms. The molecule has 2 N–H and O–H groups in total.